The molecular formula is C16H27NS. The molecule has 0 saturated heterocycles. The lowest BCUT2D eigenvalue weighted by Gasteiger charge is -2.20. The van der Waals surface area contributed by atoms with Crippen molar-refractivity contribution < 1.29 is 0 Å². The van der Waals surface area contributed by atoms with Crippen LogP contribution in [0.5, 0.6) is 0 Å². The quantitative estimate of drug-likeness (QED) is 0.596. The summed E-state index contributed by atoms with van der Waals surface area (Å²) in [7, 11) is 0. The van der Waals surface area contributed by atoms with E-state index in [-0.39, 0.29) is 0 Å². The molecule has 2 heteroatoms. The van der Waals surface area contributed by atoms with E-state index in [1.165, 1.54) is 49.3 Å². The van der Waals surface area contributed by atoms with Crippen molar-refractivity contribution in [1.29, 1.82) is 0 Å². The Balaban J connectivity index is 2.48. The van der Waals surface area contributed by atoms with Gasteiger partial charge in [-0.1, -0.05) is 45.3 Å². The molecule has 0 amide bonds. The molecule has 0 aromatic heterocycles. The first-order valence-corrected chi connectivity index (χ1v) is 8.41. The molecule has 1 atom stereocenters. The van der Waals surface area contributed by atoms with Crippen LogP contribution in [0.1, 0.15) is 46.0 Å². The van der Waals surface area contributed by atoms with E-state index in [0.717, 1.165) is 0 Å². The average molecular weight is 265 g/mol. The fourth-order valence-corrected chi connectivity index (χ4v) is 2.93. The number of hydrogen-bond acceptors (Lipinski definition) is 2. The summed E-state index contributed by atoms with van der Waals surface area (Å²) >= 11 is 2.05. The molecule has 0 aromatic carbocycles. The molecule has 102 valence electrons. The second kappa shape index (κ2) is 10.3. The average Bonchev–Trinajstić information content (AvgIpc) is 2.66. The number of thioether (sulfide) groups is 1. The van der Waals surface area contributed by atoms with E-state index >= 15 is 0 Å². The van der Waals surface area contributed by atoms with Crippen LogP contribution in [0.2, 0.25) is 0 Å². The molecule has 0 saturated carbocycles. The molecule has 1 N–H and O–H groups in total. The molecule has 0 spiro atoms. The van der Waals surface area contributed by atoms with E-state index in [9.17, 15) is 0 Å². The Kier molecular flexibility index (Phi) is 8.83. The van der Waals surface area contributed by atoms with Crippen molar-refractivity contribution in [2.75, 3.05) is 11.5 Å². The summed E-state index contributed by atoms with van der Waals surface area (Å²) in [6.45, 7) is 4.52. The second-order valence-electron chi connectivity index (χ2n) is 4.69. The molecule has 1 heterocycles. The summed E-state index contributed by atoms with van der Waals surface area (Å²) in [6, 6.07) is 0. The zero-order valence-electron chi connectivity index (χ0n) is 11.8. The molecule has 1 rings (SSSR count). The van der Waals surface area contributed by atoms with Gasteiger partial charge in [0.05, 0.1) is 0 Å². The smallest absolute Gasteiger partial charge is 0.0178 e. The lowest BCUT2D eigenvalue weighted by atomic mass is 9.94. The van der Waals surface area contributed by atoms with Gasteiger partial charge in [0.25, 0.3) is 0 Å². The molecular weight excluding hydrogens is 238 g/mol. The summed E-state index contributed by atoms with van der Waals surface area (Å²) in [5, 5.41) is 3.44. The molecule has 0 aliphatic carbocycles. The SMILES string of the molecule is CCCCCC(CCSCC)C1=CC=CC=CN1. The van der Waals surface area contributed by atoms with Crippen molar-refractivity contribution in [3.05, 3.63) is 36.2 Å². The third-order valence-electron chi connectivity index (χ3n) is 3.25. The van der Waals surface area contributed by atoms with E-state index in [0.29, 0.717) is 5.92 Å². The molecule has 0 fully saturated rings. The van der Waals surface area contributed by atoms with E-state index in [2.05, 4.69) is 61.4 Å². The summed E-state index contributed by atoms with van der Waals surface area (Å²) in [4.78, 5) is 0. The van der Waals surface area contributed by atoms with Crippen molar-refractivity contribution in [2.45, 2.75) is 46.0 Å². The van der Waals surface area contributed by atoms with E-state index in [1.54, 1.807) is 0 Å². The van der Waals surface area contributed by atoms with Crippen LogP contribution in [0.25, 0.3) is 0 Å². The van der Waals surface area contributed by atoms with Gasteiger partial charge in [0.2, 0.25) is 0 Å². The Bertz CT molecular complexity index is 281. The zero-order valence-corrected chi connectivity index (χ0v) is 12.6. The van der Waals surface area contributed by atoms with Crippen molar-refractivity contribution in [3.8, 4) is 0 Å². The van der Waals surface area contributed by atoms with Gasteiger partial charge in [-0.3, -0.25) is 0 Å². The highest BCUT2D eigenvalue weighted by Gasteiger charge is 2.13. The van der Waals surface area contributed by atoms with E-state index < -0.39 is 0 Å². The first kappa shape index (κ1) is 15.4. The molecule has 1 nitrogen and oxygen atoms in total. The van der Waals surface area contributed by atoms with Gasteiger partial charge >= 0.3 is 0 Å². The lowest BCUT2D eigenvalue weighted by molar-refractivity contribution is 0.491. The first-order valence-electron chi connectivity index (χ1n) is 7.26. The van der Waals surface area contributed by atoms with E-state index in [4.69, 9.17) is 0 Å². The van der Waals surface area contributed by atoms with Gasteiger partial charge in [-0.25, -0.2) is 0 Å². The Hall–Kier alpha value is -0.630. The predicted molar refractivity (Wildman–Crippen MR) is 84.7 cm³/mol. The summed E-state index contributed by atoms with van der Waals surface area (Å²) in [5.41, 5.74) is 1.40. The van der Waals surface area contributed by atoms with Crippen LogP contribution in [0.4, 0.5) is 0 Å². The molecule has 1 aliphatic rings. The normalized spacial score (nSPS) is 16.0. The highest BCUT2D eigenvalue weighted by atomic mass is 32.2. The molecule has 0 radical (unpaired) electrons. The minimum Gasteiger partial charge on any atom is -0.365 e. The Morgan fingerprint density at radius 1 is 1.11 bits per heavy atom. The predicted octanol–water partition coefficient (Wildman–Crippen LogP) is 4.88. The third-order valence-corrected chi connectivity index (χ3v) is 4.19. The van der Waals surface area contributed by atoms with Gasteiger partial charge in [-0.15, -0.1) is 0 Å². The molecule has 18 heavy (non-hydrogen) atoms. The summed E-state index contributed by atoms with van der Waals surface area (Å²) in [6.07, 6.45) is 17.2. The van der Waals surface area contributed by atoms with Gasteiger partial charge in [0.1, 0.15) is 0 Å². The Labute approximate surface area is 117 Å². The summed E-state index contributed by atoms with van der Waals surface area (Å²) < 4.78 is 0. The minimum absolute atomic E-state index is 0.697. The minimum atomic E-state index is 0.697. The largest absolute Gasteiger partial charge is 0.365 e. The van der Waals surface area contributed by atoms with Gasteiger partial charge in [-0.2, -0.15) is 11.8 Å². The number of unbranched alkanes of at least 4 members (excludes halogenated alkanes) is 2. The third kappa shape index (κ3) is 6.34. The maximum atomic E-state index is 3.44. The summed E-state index contributed by atoms with van der Waals surface area (Å²) in [5.74, 6) is 3.20. The topological polar surface area (TPSA) is 12.0 Å². The fourth-order valence-electron chi connectivity index (χ4n) is 2.19. The molecule has 0 bridgehead atoms. The van der Waals surface area contributed by atoms with Gasteiger partial charge < -0.3 is 5.32 Å². The molecule has 1 aliphatic heterocycles. The van der Waals surface area contributed by atoms with Crippen LogP contribution in [0.15, 0.2) is 36.2 Å². The standard InChI is InChI=1S/C16H27NS/c1-3-5-7-10-15(12-14-18-4-2)16-11-8-6-9-13-17-16/h6,8-9,11,13,15,17H,3-5,7,10,12,14H2,1-2H3. The van der Waals surface area contributed by atoms with Gasteiger partial charge in [0, 0.05) is 11.9 Å². The fraction of sp³-hybridized carbons (Fsp3) is 0.625. The first-order chi connectivity index (χ1) is 8.88. The highest BCUT2D eigenvalue weighted by molar-refractivity contribution is 7.99. The second-order valence-corrected chi connectivity index (χ2v) is 6.08. The monoisotopic (exact) mass is 265 g/mol. The number of nitrogens with one attached hydrogen (secondary N) is 1. The number of rotatable bonds is 9. The van der Waals surface area contributed by atoms with Crippen LogP contribution < -0.4 is 5.32 Å². The number of hydrogen-bond donors (Lipinski definition) is 1. The van der Waals surface area contributed by atoms with E-state index in [1.807, 2.05) is 0 Å². The Morgan fingerprint density at radius 2 is 2.00 bits per heavy atom. The van der Waals surface area contributed by atoms with Crippen molar-refractivity contribution >= 4 is 11.8 Å². The van der Waals surface area contributed by atoms with Crippen LogP contribution in [0, 0.1) is 5.92 Å². The Morgan fingerprint density at radius 3 is 2.78 bits per heavy atom. The van der Waals surface area contributed by atoms with Crippen LogP contribution in [-0.4, -0.2) is 11.5 Å². The zero-order chi connectivity index (χ0) is 13.1. The maximum absolute atomic E-state index is 3.44. The van der Waals surface area contributed by atoms with Crippen molar-refractivity contribution in [3.63, 3.8) is 0 Å². The highest BCUT2D eigenvalue weighted by Crippen LogP contribution is 2.23. The van der Waals surface area contributed by atoms with Crippen LogP contribution in [-0.2, 0) is 0 Å². The maximum Gasteiger partial charge on any atom is 0.0178 e. The van der Waals surface area contributed by atoms with Gasteiger partial charge in [-0.05, 0) is 42.4 Å². The lowest BCUT2D eigenvalue weighted by Crippen LogP contribution is -2.16. The molecule has 0 aromatic rings. The van der Waals surface area contributed by atoms with Crippen LogP contribution >= 0.6 is 11.8 Å². The van der Waals surface area contributed by atoms with Crippen molar-refractivity contribution in [2.24, 2.45) is 5.92 Å². The van der Waals surface area contributed by atoms with Crippen LogP contribution in [0.3, 0.4) is 0 Å². The number of allylic oxidation sites excluding steroid dienone is 5. The van der Waals surface area contributed by atoms with Gasteiger partial charge in [0.15, 0.2) is 0 Å². The van der Waals surface area contributed by atoms with Crippen molar-refractivity contribution in [1.82, 2.24) is 5.32 Å². The molecule has 1 unspecified atom stereocenters.